The number of fused-ring (bicyclic) bond motifs is 1. The second kappa shape index (κ2) is 8.67. The first-order valence-corrected chi connectivity index (χ1v) is 10.3. The van der Waals surface area contributed by atoms with Crippen LogP contribution in [0.4, 0.5) is 27.5 Å². The number of carbonyl (C=O) groups is 1. The number of aromatic nitrogens is 3. The molecule has 4 rings (SSSR count). The maximum absolute atomic E-state index is 14.7. The van der Waals surface area contributed by atoms with Crippen molar-refractivity contribution in [1.82, 2.24) is 14.5 Å². The average molecular weight is 433 g/mol. The second-order valence-corrected chi connectivity index (χ2v) is 7.91. The van der Waals surface area contributed by atoms with Gasteiger partial charge in [-0.25, -0.2) is 14.2 Å². The van der Waals surface area contributed by atoms with E-state index in [-0.39, 0.29) is 18.5 Å². The van der Waals surface area contributed by atoms with Crippen LogP contribution in [0.25, 0.3) is 15.9 Å². The lowest BCUT2D eigenvalue weighted by molar-refractivity contribution is -0.111. The van der Waals surface area contributed by atoms with E-state index in [0.29, 0.717) is 41.6 Å². The Labute approximate surface area is 185 Å². The van der Waals surface area contributed by atoms with Gasteiger partial charge in [0.1, 0.15) is 12.0 Å². The molecule has 1 saturated heterocycles. The zero-order chi connectivity index (χ0) is 22.8. The molecule has 0 radical (unpaired) electrons. The molecule has 2 atom stereocenters. The Kier molecular flexibility index (Phi) is 5.77. The first-order chi connectivity index (χ1) is 15.4. The number of imidazole rings is 1. The van der Waals surface area contributed by atoms with Gasteiger partial charge in [-0.2, -0.15) is 0 Å². The topological polar surface area (TPSA) is 79.4 Å². The van der Waals surface area contributed by atoms with Crippen molar-refractivity contribution in [3.8, 4) is 0 Å². The lowest BCUT2D eigenvalue weighted by Crippen LogP contribution is -2.48. The van der Waals surface area contributed by atoms with Gasteiger partial charge in [0.15, 0.2) is 0 Å². The van der Waals surface area contributed by atoms with Gasteiger partial charge < -0.3 is 20.1 Å². The van der Waals surface area contributed by atoms with Gasteiger partial charge >= 0.3 is 0 Å². The van der Waals surface area contributed by atoms with Crippen molar-refractivity contribution in [2.24, 2.45) is 7.05 Å². The Morgan fingerprint density at radius 1 is 1.38 bits per heavy atom. The summed E-state index contributed by atoms with van der Waals surface area (Å²) in [6.07, 6.45) is 2.07. The molecule has 3 heterocycles. The molecular weight excluding hydrogens is 409 g/mol. The zero-order valence-corrected chi connectivity index (χ0v) is 18.0. The number of halogens is 1. The smallest absolute Gasteiger partial charge is 0.247 e. The number of carbonyl (C=O) groups excluding carboxylic acids is 1. The van der Waals surface area contributed by atoms with Gasteiger partial charge in [0, 0.05) is 37.9 Å². The Bertz CT molecular complexity index is 1210. The summed E-state index contributed by atoms with van der Waals surface area (Å²) in [6, 6.07) is 7.04. The minimum atomic E-state index is -1.02. The van der Waals surface area contributed by atoms with E-state index in [1.165, 1.54) is 12.3 Å². The summed E-state index contributed by atoms with van der Waals surface area (Å²) in [5.74, 6) is 0.989. The fraction of sp³-hybridized carbons (Fsp3) is 0.304. The van der Waals surface area contributed by atoms with Crippen LogP contribution in [0.3, 0.4) is 0 Å². The van der Waals surface area contributed by atoms with Gasteiger partial charge in [-0.15, -0.1) is 0 Å². The summed E-state index contributed by atoms with van der Waals surface area (Å²) < 4.78 is 16.6. The van der Waals surface area contributed by atoms with Crippen molar-refractivity contribution in [2.75, 3.05) is 28.6 Å². The number of anilines is 3. The van der Waals surface area contributed by atoms with E-state index in [9.17, 15) is 9.18 Å². The zero-order valence-electron chi connectivity index (χ0n) is 18.0. The van der Waals surface area contributed by atoms with Gasteiger partial charge in [0.2, 0.25) is 17.5 Å². The van der Waals surface area contributed by atoms with Crippen LogP contribution in [-0.2, 0) is 11.8 Å². The van der Waals surface area contributed by atoms with E-state index in [0.717, 1.165) is 11.1 Å². The quantitative estimate of drug-likeness (QED) is 0.470. The summed E-state index contributed by atoms with van der Waals surface area (Å²) in [7, 11) is 1.90. The number of hydrogen-bond acceptors (Lipinski definition) is 5. The van der Waals surface area contributed by atoms with Gasteiger partial charge in [0.05, 0.1) is 24.2 Å². The highest BCUT2D eigenvalue weighted by molar-refractivity contribution is 6.00. The molecule has 0 aliphatic carbocycles. The number of nitrogens with one attached hydrogen (secondary N) is 2. The largest absolute Gasteiger partial charge is 0.366 e. The second-order valence-electron chi connectivity index (χ2n) is 7.91. The summed E-state index contributed by atoms with van der Waals surface area (Å²) in [5, 5.41) is 6.07. The van der Waals surface area contributed by atoms with E-state index in [2.05, 4.69) is 27.0 Å². The van der Waals surface area contributed by atoms with Gasteiger partial charge in [-0.3, -0.25) is 9.78 Å². The number of piperidine rings is 1. The molecule has 1 aromatic carbocycles. The van der Waals surface area contributed by atoms with Gasteiger partial charge in [-0.05, 0) is 36.8 Å². The highest BCUT2D eigenvalue weighted by atomic mass is 19.1. The molecule has 2 N–H and O–H groups in total. The molecule has 0 bridgehead atoms. The van der Waals surface area contributed by atoms with E-state index < -0.39 is 6.17 Å². The first kappa shape index (κ1) is 21.3. The Hall–Kier alpha value is -3.93. The van der Waals surface area contributed by atoms with Crippen molar-refractivity contribution >= 4 is 40.1 Å². The van der Waals surface area contributed by atoms with E-state index in [4.69, 9.17) is 11.6 Å². The van der Waals surface area contributed by atoms with Crippen LogP contribution < -0.4 is 15.5 Å². The summed E-state index contributed by atoms with van der Waals surface area (Å²) in [5.41, 5.74) is 3.65. The number of amides is 1. The van der Waals surface area contributed by atoms with Crippen LogP contribution in [0.15, 0.2) is 43.1 Å². The fourth-order valence-corrected chi connectivity index (χ4v) is 3.98. The Morgan fingerprint density at radius 2 is 2.19 bits per heavy atom. The minimum absolute atomic E-state index is 0.158. The molecule has 0 saturated carbocycles. The monoisotopic (exact) mass is 433 g/mol. The number of benzene rings is 1. The SMILES string of the molecule is [C-]#[N+]c1ccc(N[C@@H]2C[C@@H](F)CN(c3nc4cc(NC(=O)C=C)c(C)cc4n3C)C2)nc1. The maximum Gasteiger partial charge on any atom is 0.247 e. The number of pyridine rings is 1. The van der Waals surface area contributed by atoms with Crippen LogP contribution in [0.1, 0.15) is 12.0 Å². The number of alkyl halides is 1. The van der Waals surface area contributed by atoms with E-state index in [1.807, 2.05) is 35.6 Å². The number of hydrogen-bond donors (Lipinski definition) is 2. The molecule has 32 heavy (non-hydrogen) atoms. The fourth-order valence-electron chi connectivity index (χ4n) is 3.98. The summed E-state index contributed by atoms with van der Waals surface area (Å²) in [4.78, 5) is 26.0. The van der Waals surface area contributed by atoms with Gasteiger partial charge in [0.25, 0.3) is 0 Å². The number of rotatable bonds is 5. The predicted molar refractivity (Wildman–Crippen MR) is 124 cm³/mol. The predicted octanol–water partition coefficient (Wildman–Crippen LogP) is 3.98. The van der Waals surface area contributed by atoms with Crippen LogP contribution in [0.2, 0.25) is 0 Å². The normalized spacial score (nSPS) is 18.2. The summed E-state index contributed by atoms with van der Waals surface area (Å²) in [6.45, 7) is 13.2. The van der Waals surface area contributed by atoms with Crippen molar-refractivity contribution in [3.05, 3.63) is 60.1 Å². The first-order valence-electron chi connectivity index (χ1n) is 10.3. The standard InChI is InChI=1S/C23H24FN7O/c1-5-22(32)28-18-10-19-20(8-14(18)2)30(4)23(29-19)31-12-15(24)9-17(13-31)27-21-7-6-16(25-3)11-26-21/h5-8,10-11,15,17H,1,9,12-13H2,2,4H3,(H,26,27)(H,28,32)/t15-,17-/m1/s1. The van der Waals surface area contributed by atoms with Crippen LogP contribution in [0, 0.1) is 13.5 Å². The lowest BCUT2D eigenvalue weighted by atomic mass is 10.0. The van der Waals surface area contributed by atoms with Crippen molar-refractivity contribution in [3.63, 3.8) is 0 Å². The molecule has 1 aliphatic heterocycles. The highest BCUT2D eigenvalue weighted by Crippen LogP contribution is 2.29. The highest BCUT2D eigenvalue weighted by Gasteiger charge is 2.30. The van der Waals surface area contributed by atoms with Crippen molar-refractivity contribution in [2.45, 2.75) is 25.6 Å². The average Bonchev–Trinajstić information content (AvgIpc) is 3.09. The molecule has 1 amide bonds. The third-order valence-electron chi connectivity index (χ3n) is 5.56. The molecule has 1 fully saturated rings. The van der Waals surface area contributed by atoms with Crippen LogP contribution >= 0.6 is 0 Å². The molecule has 2 aromatic heterocycles. The Balaban J connectivity index is 1.59. The molecule has 164 valence electrons. The van der Waals surface area contributed by atoms with E-state index >= 15 is 0 Å². The third-order valence-corrected chi connectivity index (χ3v) is 5.56. The number of aryl methyl sites for hydroxylation is 2. The molecule has 8 nitrogen and oxygen atoms in total. The molecule has 3 aromatic rings. The van der Waals surface area contributed by atoms with Crippen LogP contribution in [-0.4, -0.2) is 45.7 Å². The maximum atomic E-state index is 14.7. The molecular formula is C23H24FN7O. The number of nitrogens with zero attached hydrogens (tertiary/aromatic N) is 5. The lowest BCUT2D eigenvalue weighted by Gasteiger charge is -2.35. The third kappa shape index (κ3) is 4.25. The molecule has 9 heteroatoms. The van der Waals surface area contributed by atoms with Crippen LogP contribution in [0.5, 0.6) is 0 Å². The molecule has 1 aliphatic rings. The molecule has 0 spiro atoms. The van der Waals surface area contributed by atoms with Crippen molar-refractivity contribution < 1.29 is 9.18 Å². The van der Waals surface area contributed by atoms with E-state index in [1.54, 1.807) is 12.1 Å². The van der Waals surface area contributed by atoms with Crippen molar-refractivity contribution in [1.29, 1.82) is 0 Å². The minimum Gasteiger partial charge on any atom is -0.366 e. The van der Waals surface area contributed by atoms with Gasteiger partial charge in [-0.1, -0.05) is 12.6 Å². The summed E-state index contributed by atoms with van der Waals surface area (Å²) >= 11 is 0. The Morgan fingerprint density at radius 3 is 2.88 bits per heavy atom. The molecule has 0 unspecified atom stereocenters.